The fourth-order valence-electron chi connectivity index (χ4n) is 4.36. The molecule has 37 heavy (non-hydrogen) atoms. The zero-order valence-electron chi connectivity index (χ0n) is 20.3. The van der Waals surface area contributed by atoms with Gasteiger partial charge in [-0.05, 0) is 55.5 Å². The molecule has 1 amide bonds. The average molecular weight is 498 g/mol. The second-order valence-electron chi connectivity index (χ2n) is 8.47. The predicted molar refractivity (Wildman–Crippen MR) is 137 cm³/mol. The quantitative estimate of drug-likeness (QED) is 0.296. The third-order valence-electron chi connectivity index (χ3n) is 6.24. The second-order valence-corrected chi connectivity index (χ2v) is 8.47. The highest BCUT2D eigenvalue weighted by Gasteiger charge is 2.30. The smallest absolute Gasteiger partial charge is 0.266 e. The highest BCUT2D eigenvalue weighted by atomic mass is 19.1. The Hall–Kier alpha value is -4.72. The molecule has 0 aliphatic rings. The van der Waals surface area contributed by atoms with Crippen molar-refractivity contribution in [2.24, 2.45) is 0 Å². The van der Waals surface area contributed by atoms with Crippen LogP contribution in [0, 0.1) is 5.82 Å². The van der Waals surface area contributed by atoms with Crippen molar-refractivity contribution in [2.45, 2.75) is 19.5 Å². The number of amides is 1. The van der Waals surface area contributed by atoms with Crippen molar-refractivity contribution >= 4 is 16.8 Å². The number of fused-ring (bicyclic) bond motifs is 1. The highest BCUT2D eigenvalue weighted by molar-refractivity contribution is 5.94. The van der Waals surface area contributed by atoms with E-state index in [2.05, 4.69) is 0 Å². The molecule has 7 nitrogen and oxygen atoms in total. The Labute approximate surface area is 212 Å². The fourth-order valence-corrected chi connectivity index (χ4v) is 4.36. The number of benzene rings is 3. The summed E-state index contributed by atoms with van der Waals surface area (Å²) in [6, 6.07) is 22.6. The molecular weight excluding hydrogens is 473 g/mol. The van der Waals surface area contributed by atoms with Crippen molar-refractivity contribution in [1.29, 1.82) is 0 Å². The normalized spacial score (nSPS) is 11.9. The largest absolute Gasteiger partial charge is 0.495 e. The molecule has 2 aromatic heterocycles. The lowest BCUT2D eigenvalue weighted by molar-refractivity contribution is 0.0643. The molecule has 0 radical (unpaired) electrons. The van der Waals surface area contributed by atoms with Crippen molar-refractivity contribution < 1.29 is 18.3 Å². The number of methoxy groups -OCH3 is 1. The van der Waals surface area contributed by atoms with E-state index < -0.39 is 17.8 Å². The molecule has 0 bridgehead atoms. The lowest BCUT2D eigenvalue weighted by Gasteiger charge is -2.30. The van der Waals surface area contributed by atoms with Crippen LogP contribution in [0.4, 0.5) is 4.39 Å². The minimum atomic E-state index is -0.764. The number of carbonyl (C=O) groups is 1. The molecule has 8 heteroatoms. The maximum absolute atomic E-state index is 14.7. The van der Waals surface area contributed by atoms with E-state index in [0.717, 1.165) is 0 Å². The molecule has 5 aromatic rings. The standard InChI is InChI=1S/C29H24FN3O4/c1-19(32(18-20-10-9-17-37-20)28(34)21-11-3-5-13-23(21)30)27-31-24-14-6-4-12-22(24)29(35)33(27)25-15-7-8-16-26(25)36-2/h3-17,19H,18H2,1-2H3. The fraction of sp³-hybridized carbons (Fsp3) is 0.138. The summed E-state index contributed by atoms with van der Waals surface area (Å²) < 4.78 is 27.2. The molecule has 2 heterocycles. The van der Waals surface area contributed by atoms with Crippen LogP contribution < -0.4 is 10.3 Å². The van der Waals surface area contributed by atoms with Gasteiger partial charge in [0.15, 0.2) is 0 Å². The molecule has 0 fully saturated rings. The van der Waals surface area contributed by atoms with E-state index >= 15 is 0 Å². The summed E-state index contributed by atoms with van der Waals surface area (Å²) in [6.07, 6.45) is 1.50. The molecule has 0 saturated carbocycles. The first-order valence-electron chi connectivity index (χ1n) is 11.7. The number of rotatable bonds is 7. The number of aromatic nitrogens is 2. The summed E-state index contributed by atoms with van der Waals surface area (Å²) in [5.41, 5.74) is 0.560. The SMILES string of the molecule is COc1ccccc1-n1c(C(C)N(Cc2ccco2)C(=O)c2ccccc2F)nc2ccccc2c1=O. The van der Waals surface area contributed by atoms with Crippen LogP contribution in [0.1, 0.15) is 34.9 Å². The van der Waals surface area contributed by atoms with E-state index in [1.165, 1.54) is 41.0 Å². The molecular formula is C29H24FN3O4. The van der Waals surface area contributed by atoms with Gasteiger partial charge in [-0.2, -0.15) is 0 Å². The van der Waals surface area contributed by atoms with Gasteiger partial charge in [0.1, 0.15) is 23.2 Å². The Morgan fingerprint density at radius 2 is 1.76 bits per heavy atom. The van der Waals surface area contributed by atoms with Crippen molar-refractivity contribution in [2.75, 3.05) is 7.11 Å². The Morgan fingerprint density at radius 3 is 2.51 bits per heavy atom. The molecule has 5 rings (SSSR count). The first kappa shape index (κ1) is 24.0. The van der Waals surface area contributed by atoms with Gasteiger partial charge in [0.2, 0.25) is 0 Å². The van der Waals surface area contributed by atoms with Crippen LogP contribution in [0.2, 0.25) is 0 Å². The summed E-state index contributed by atoms with van der Waals surface area (Å²) >= 11 is 0. The minimum Gasteiger partial charge on any atom is -0.495 e. The van der Waals surface area contributed by atoms with E-state index in [1.807, 2.05) is 0 Å². The number of halogens is 1. The summed E-state index contributed by atoms with van der Waals surface area (Å²) in [4.78, 5) is 33.8. The van der Waals surface area contributed by atoms with Crippen LogP contribution >= 0.6 is 0 Å². The van der Waals surface area contributed by atoms with Gasteiger partial charge in [-0.25, -0.2) is 9.37 Å². The monoisotopic (exact) mass is 497 g/mol. The third-order valence-corrected chi connectivity index (χ3v) is 6.24. The number of para-hydroxylation sites is 3. The Balaban J connectivity index is 1.74. The Kier molecular flexibility index (Phi) is 6.55. The number of ether oxygens (including phenoxy) is 1. The van der Waals surface area contributed by atoms with Crippen LogP contribution in [0.3, 0.4) is 0 Å². The zero-order chi connectivity index (χ0) is 25.9. The summed E-state index contributed by atoms with van der Waals surface area (Å²) in [5.74, 6) is 0.0647. The first-order chi connectivity index (χ1) is 18.0. The lowest BCUT2D eigenvalue weighted by Crippen LogP contribution is -2.37. The molecule has 1 unspecified atom stereocenters. The molecule has 3 aromatic carbocycles. The van der Waals surface area contributed by atoms with Gasteiger partial charge in [0, 0.05) is 0 Å². The molecule has 0 N–H and O–H groups in total. The zero-order valence-corrected chi connectivity index (χ0v) is 20.3. The number of hydrogen-bond donors (Lipinski definition) is 0. The van der Waals surface area contributed by atoms with Crippen LogP contribution in [0.15, 0.2) is 100 Å². The lowest BCUT2D eigenvalue weighted by atomic mass is 10.1. The average Bonchev–Trinajstić information content (AvgIpc) is 3.45. The molecule has 0 aliphatic heterocycles. The van der Waals surface area contributed by atoms with Crippen molar-refractivity contribution in [3.8, 4) is 11.4 Å². The van der Waals surface area contributed by atoms with Crippen LogP contribution in [0.5, 0.6) is 5.75 Å². The van der Waals surface area contributed by atoms with Crippen molar-refractivity contribution in [3.05, 3.63) is 125 Å². The van der Waals surface area contributed by atoms with E-state index in [9.17, 15) is 14.0 Å². The highest BCUT2D eigenvalue weighted by Crippen LogP contribution is 2.29. The van der Waals surface area contributed by atoms with Crippen LogP contribution in [0.25, 0.3) is 16.6 Å². The number of hydrogen-bond acceptors (Lipinski definition) is 5. The second kappa shape index (κ2) is 10.1. The first-order valence-corrected chi connectivity index (χ1v) is 11.7. The van der Waals surface area contributed by atoms with Crippen molar-refractivity contribution in [3.63, 3.8) is 0 Å². The van der Waals surface area contributed by atoms with Crippen molar-refractivity contribution in [1.82, 2.24) is 14.5 Å². The molecule has 1 atom stereocenters. The molecule has 0 aliphatic carbocycles. The van der Waals surface area contributed by atoms with Gasteiger partial charge < -0.3 is 14.1 Å². The molecule has 0 saturated heterocycles. The maximum Gasteiger partial charge on any atom is 0.266 e. The summed E-state index contributed by atoms with van der Waals surface area (Å²) in [7, 11) is 1.52. The van der Waals surface area contributed by atoms with Gasteiger partial charge in [0.05, 0.1) is 48.1 Å². The number of carbonyl (C=O) groups excluding carboxylic acids is 1. The topological polar surface area (TPSA) is 77.6 Å². The molecule has 0 spiro atoms. The van der Waals surface area contributed by atoms with Gasteiger partial charge >= 0.3 is 0 Å². The summed E-state index contributed by atoms with van der Waals surface area (Å²) in [6.45, 7) is 1.79. The maximum atomic E-state index is 14.7. The minimum absolute atomic E-state index is 0.0377. The Bertz CT molecular complexity index is 1630. The molecule has 186 valence electrons. The van der Waals surface area contributed by atoms with Gasteiger partial charge in [-0.15, -0.1) is 0 Å². The van der Waals surface area contributed by atoms with E-state index in [0.29, 0.717) is 33.9 Å². The predicted octanol–water partition coefficient (Wildman–Crippen LogP) is 5.53. The summed E-state index contributed by atoms with van der Waals surface area (Å²) in [5, 5.41) is 0.419. The van der Waals surface area contributed by atoms with E-state index in [-0.39, 0.29) is 17.7 Å². The van der Waals surface area contributed by atoms with Gasteiger partial charge in [0.25, 0.3) is 11.5 Å². The Morgan fingerprint density at radius 1 is 1.03 bits per heavy atom. The third kappa shape index (κ3) is 4.49. The van der Waals surface area contributed by atoms with Gasteiger partial charge in [-0.3, -0.25) is 14.2 Å². The number of furan rings is 1. The van der Waals surface area contributed by atoms with Gasteiger partial charge in [-0.1, -0.05) is 36.4 Å². The van der Waals surface area contributed by atoms with Crippen LogP contribution in [-0.4, -0.2) is 27.5 Å². The van der Waals surface area contributed by atoms with Crippen LogP contribution in [-0.2, 0) is 6.54 Å². The van der Waals surface area contributed by atoms with E-state index in [1.54, 1.807) is 73.7 Å². The number of nitrogens with zero attached hydrogens (tertiary/aromatic N) is 3. The van der Waals surface area contributed by atoms with E-state index in [4.69, 9.17) is 14.1 Å².